The number of hydrogen-bond acceptors (Lipinski definition) is 16. The minimum absolute atomic E-state index is 0. The summed E-state index contributed by atoms with van der Waals surface area (Å²) in [6, 6.07) is 0. The van der Waals surface area contributed by atoms with Gasteiger partial charge < -0.3 is 118 Å². The molecule has 0 bridgehead atoms. The van der Waals surface area contributed by atoms with E-state index in [2.05, 4.69) is 60.5 Å². The zero-order valence-corrected chi connectivity index (χ0v) is 51.5. The van der Waals surface area contributed by atoms with Gasteiger partial charge in [0.2, 0.25) is 0 Å². The van der Waals surface area contributed by atoms with Crippen molar-refractivity contribution in [2.24, 2.45) is 17.4 Å². The molecule has 0 amide bonds. The summed E-state index contributed by atoms with van der Waals surface area (Å²) < 4.78 is 8.02. The Morgan fingerprint density at radius 3 is 1.07 bits per heavy atom. The van der Waals surface area contributed by atoms with Crippen molar-refractivity contribution in [1.29, 1.82) is 0 Å². The van der Waals surface area contributed by atoms with Crippen molar-refractivity contribution in [2.75, 3.05) is 109 Å². The Morgan fingerprint density at radius 1 is 0.662 bits per heavy atom. The molecule has 4 atom stereocenters. The van der Waals surface area contributed by atoms with Gasteiger partial charge in [-0.25, -0.2) is 0 Å². The molecule has 1 saturated carbocycles. The molecule has 4 unspecified atom stereocenters. The van der Waals surface area contributed by atoms with Crippen molar-refractivity contribution in [3.8, 4) is 0 Å². The molecule has 0 heterocycles. The molecule has 0 aromatic heterocycles. The average Bonchev–Trinajstić information content (AvgIpc) is 3.98. The third-order valence-electron chi connectivity index (χ3n) is 5.98. The maximum Gasteiger partial charge on any atom is 1.00 e. The van der Waals surface area contributed by atoms with Gasteiger partial charge in [0.25, 0.3) is 0 Å². The molecule has 0 saturated heterocycles. The number of quaternary nitrogens is 3. The van der Waals surface area contributed by atoms with Crippen LogP contribution in [0, 0.1) is 5.92 Å². The van der Waals surface area contributed by atoms with Gasteiger partial charge in [-0.05, 0) is 54.7 Å². The van der Waals surface area contributed by atoms with Crippen molar-refractivity contribution in [3.05, 3.63) is 10.2 Å². The van der Waals surface area contributed by atoms with E-state index < -0.39 is 24.1 Å². The molecular weight excluding hydrogens is 1170 g/mol. The maximum absolute atomic E-state index is 10.5. The Balaban J connectivity index is -0.0000000205. The van der Waals surface area contributed by atoms with Crippen LogP contribution in [0.25, 0.3) is 0 Å². The zero-order chi connectivity index (χ0) is 51.0. The summed E-state index contributed by atoms with van der Waals surface area (Å²) in [5, 5.41) is 54.4. The molecule has 1 aliphatic carbocycles. The molecule has 0 spiro atoms. The molecule has 25 heteroatoms. The Kier molecular flexibility index (Phi) is 200. The van der Waals surface area contributed by atoms with Crippen molar-refractivity contribution >= 4 is 58.3 Å². The molecule has 468 valence electrons. The van der Waals surface area contributed by atoms with Crippen LogP contribution in [0.2, 0.25) is 0 Å². The summed E-state index contributed by atoms with van der Waals surface area (Å²) in [5.74, 6) is -0.910. The largest absolute Gasteiger partial charge is 1.00 e. The predicted molar refractivity (Wildman–Crippen MR) is 303 cm³/mol. The number of carboxylic acids is 2. The number of carbonyl (C=O) groups excluding carboxylic acids is 5. The first-order chi connectivity index (χ1) is 27.8. The number of nitrogens with zero attached hydrogens (tertiary/aromatic N) is 3. The van der Waals surface area contributed by atoms with Crippen LogP contribution < -0.4 is 88.5 Å². The Morgan fingerprint density at radius 2 is 0.946 bits per heavy atom. The first-order valence-corrected chi connectivity index (χ1v) is 22.4. The van der Waals surface area contributed by atoms with Gasteiger partial charge in [-0.1, -0.05) is 120 Å². The van der Waals surface area contributed by atoms with Crippen LogP contribution in [0.4, 0.5) is 0 Å². The van der Waals surface area contributed by atoms with Gasteiger partial charge in [0, 0.05) is 40.9 Å². The fourth-order valence-corrected chi connectivity index (χ4v) is 3.65. The molecular formula is C49H124Cl4IN5NaO14-3. The van der Waals surface area contributed by atoms with E-state index in [1.165, 1.54) is 33.2 Å². The number of nitrogens with two attached hydrogens (primary N) is 2. The summed E-state index contributed by atoms with van der Waals surface area (Å²) in [6.45, 7) is 21.7. The van der Waals surface area contributed by atoms with Crippen LogP contribution in [-0.4, -0.2) is 202 Å². The summed E-state index contributed by atoms with van der Waals surface area (Å²) in [7, 11) is 19.1. The number of aliphatic hydroxyl groups excluding tert-OH is 4. The van der Waals surface area contributed by atoms with E-state index in [4.69, 9.17) is 48.0 Å². The molecule has 0 aliphatic heterocycles. The Labute approximate surface area is 517 Å². The number of esters is 1. The second-order valence-corrected chi connectivity index (χ2v) is 17.5. The normalized spacial score (nSPS) is 10.6. The first-order valence-electron chi connectivity index (χ1n) is 20.8. The topological polar surface area (TPSA) is 334 Å². The number of halogens is 5. The van der Waals surface area contributed by atoms with Gasteiger partial charge in [0.15, 0.2) is 0 Å². The summed E-state index contributed by atoms with van der Waals surface area (Å²) >= 11 is 7.34. The zero-order valence-electron chi connectivity index (χ0n) is 44.3. The number of carbonyl (C=O) groups is 3. The number of carboxylic acid groups (broad SMARTS) is 2. The van der Waals surface area contributed by atoms with E-state index in [0.717, 1.165) is 38.8 Å². The van der Waals surface area contributed by atoms with Crippen molar-refractivity contribution in [3.63, 3.8) is 0 Å². The Bertz CT molecular complexity index is 1020. The molecule has 0 radical (unpaired) electrons. The van der Waals surface area contributed by atoms with Gasteiger partial charge in [0.05, 0.1) is 82.0 Å². The van der Waals surface area contributed by atoms with Crippen molar-refractivity contribution in [1.82, 2.24) is 0 Å². The number of ether oxygens (including phenoxy) is 1. The number of rotatable bonds is 17. The molecule has 10 N–H and O–H groups in total. The summed E-state index contributed by atoms with van der Waals surface area (Å²) in [6.07, 6.45) is 4.02. The van der Waals surface area contributed by atoms with Crippen molar-refractivity contribution in [2.45, 2.75) is 177 Å². The van der Waals surface area contributed by atoms with Gasteiger partial charge in [-0.3, -0.25) is 4.79 Å². The number of aliphatic hydroxyl groups is 4. The summed E-state index contributed by atoms with van der Waals surface area (Å²) in [4.78, 5) is 45.2. The SMILES string of the molecule is C.C.C.C.C.C.C.C=C(I)C(O)CN.CC.CC.CCC(=O)OCC(O)CN.CCC(=O)[O-].CCC(=O)[O-].CCCC(O)C[N+](C)(C)C.C[N+](C)(C)CC(O)CCl.C[N+](C)(C)CC1CC1.O=C=O.[Cl-].[Cl-].[Cl-].[Na+].[OH-].[OH-]. The van der Waals surface area contributed by atoms with Gasteiger partial charge >= 0.3 is 41.7 Å². The van der Waals surface area contributed by atoms with Crippen LogP contribution >= 0.6 is 34.2 Å². The van der Waals surface area contributed by atoms with E-state index in [1.54, 1.807) is 6.92 Å². The molecule has 1 aliphatic rings. The van der Waals surface area contributed by atoms with E-state index in [1.807, 2.05) is 71.4 Å². The van der Waals surface area contributed by atoms with Crippen LogP contribution in [0.3, 0.4) is 0 Å². The average molecular weight is 1300 g/mol. The molecule has 0 aromatic rings. The number of alkyl halides is 1. The van der Waals surface area contributed by atoms with Crippen LogP contribution in [0.15, 0.2) is 10.2 Å². The predicted octanol–water partition coefficient (Wildman–Crippen LogP) is -6.36. The first kappa shape index (κ1) is 146. The van der Waals surface area contributed by atoms with E-state index in [0.29, 0.717) is 22.4 Å². The second kappa shape index (κ2) is 102. The van der Waals surface area contributed by atoms with E-state index in [9.17, 15) is 29.7 Å². The van der Waals surface area contributed by atoms with E-state index in [-0.39, 0.29) is 187 Å². The quantitative estimate of drug-likeness (QED) is 0.0259. The second-order valence-electron chi connectivity index (χ2n) is 15.8. The van der Waals surface area contributed by atoms with Crippen LogP contribution in [0.1, 0.15) is 152 Å². The standard InChI is InChI=1S/C8H20NO.C7H16N.C6H15ClNO.C6H13NO3.C4H8INO.2C3H6O2.2C2H6.CO2.7CH4.3ClH.Na.2H2O/c1-5-6-8(10)7-9(2,3)4;1-8(2,3)6-7-4-5-7;1-8(2,3)5-6(9)4-7;1-2-6(9)10-4-5(8)3-7;1-3(5)4(7)2-6;2*1-2-3(4)5;2*1-2;2-1-3;;;;;;;;;;;;;/h8,10H,5-7H2,1-4H3;7H,4-6H2,1-3H3;6,9H,4-5H2,1-3H3;5,8H,2-4,7H2,1H3;4,7H,1-2,6H2;2*2H2,1H3,(H,4,5);2*1-2H3;;7*1H4;3*1H;;2*1H2/q3*+1;;;;;;;;;;;;;;;;;;+1;;/p-7. The molecule has 19 nitrogen and oxygen atoms in total. The van der Waals surface area contributed by atoms with Gasteiger partial charge in [0.1, 0.15) is 38.0 Å². The van der Waals surface area contributed by atoms with Crippen molar-refractivity contribution < 1.29 is 151 Å². The molecule has 1 rings (SSSR count). The fraction of sp³-hybridized carbons (Fsp3) is 0.878. The monoisotopic (exact) mass is 1300 g/mol. The molecule has 1 fully saturated rings. The summed E-state index contributed by atoms with van der Waals surface area (Å²) in [5.41, 5.74) is 10.1. The van der Waals surface area contributed by atoms with Gasteiger partial charge in [-0.2, -0.15) is 9.59 Å². The molecule has 74 heavy (non-hydrogen) atoms. The van der Waals surface area contributed by atoms with E-state index >= 15 is 0 Å². The maximum atomic E-state index is 10.5. The molecule has 0 aromatic carbocycles. The van der Waals surface area contributed by atoms with Crippen LogP contribution in [-0.2, 0) is 28.7 Å². The third-order valence-corrected chi connectivity index (χ3v) is 7.05. The smallest absolute Gasteiger partial charge is 1.00 e. The fourth-order valence-electron chi connectivity index (χ4n) is 3.30. The number of aliphatic carboxylic acids is 2. The number of likely N-dealkylation sites (N-methyl/N-ethyl adjacent to an activating group) is 2. The number of hydrogen-bond donors (Lipinski definition) is 6. The minimum Gasteiger partial charge on any atom is -1.00 e. The third kappa shape index (κ3) is 206. The van der Waals surface area contributed by atoms with Gasteiger partial charge in [-0.15, -0.1) is 11.6 Å². The minimum atomic E-state index is -0.995. The van der Waals surface area contributed by atoms with Crippen LogP contribution in [0.5, 0.6) is 0 Å². The Hall–Kier alpha value is -0.0200.